The molecule has 0 bridgehead atoms. The molecule has 1 heterocycles. The van der Waals surface area contributed by atoms with E-state index in [-0.39, 0.29) is 5.91 Å². The van der Waals surface area contributed by atoms with E-state index in [4.69, 9.17) is 0 Å². The molecule has 1 unspecified atom stereocenters. The second-order valence-electron chi connectivity index (χ2n) is 5.85. The van der Waals surface area contributed by atoms with Crippen LogP contribution in [0.1, 0.15) is 38.5 Å². The van der Waals surface area contributed by atoms with E-state index in [1.54, 1.807) is 0 Å². The molecular formula is C14H27N3O. The third-order valence-corrected chi connectivity index (χ3v) is 4.38. The van der Waals surface area contributed by atoms with Gasteiger partial charge in [-0.3, -0.25) is 4.79 Å². The molecule has 2 rings (SSSR count). The summed E-state index contributed by atoms with van der Waals surface area (Å²) in [5.74, 6) is 0.950. The van der Waals surface area contributed by atoms with Gasteiger partial charge in [0.1, 0.15) is 0 Å². The van der Waals surface area contributed by atoms with Crippen LogP contribution in [-0.2, 0) is 4.79 Å². The number of amides is 1. The molecule has 1 saturated heterocycles. The summed E-state index contributed by atoms with van der Waals surface area (Å²) in [6.45, 7) is 3.91. The number of nitrogens with one attached hydrogen (secondary N) is 2. The fraction of sp³-hybridized carbons (Fsp3) is 0.929. The van der Waals surface area contributed by atoms with Crippen LogP contribution >= 0.6 is 0 Å². The second-order valence-corrected chi connectivity index (χ2v) is 5.85. The molecule has 0 spiro atoms. The van der Waals surface area contributed by atoms with Gasteiger partial charge in [0.15, 0.2) is 0 Å². The zero-order valence-corrected chi connectivity index (χ0v) is 11.6. The molecular weight excluding hydrogens is 226 g/mol. The molecule has 1 amide bonds. The summed E-state index contributed by atoms with van der Waals surface area (Å²) in [7, 11) is 2.11. The van der Waals surface area contributed by atoms with Crippen LogP contribution in [0.4, 0.5) is 0 Å². The van der Waals surface area contributed by atoms with Crippen molar-refractivity contribution in [3.8, 4) is 0 Å². The highest BCUT2D eigenvalue weighted by Gasteiger charge is 2.22. The summed E-state index contributed by atoms with van der Waals surface area (Å²) in [5.41, 5.74) is 0. The van der Waals surface area contributed by atoms with Crippen molar-refractivity contribution < 1.29 is 4.79 Å². The number of likely N-dealkylation sites (N-methyl/N-ethyl adjacent to an activating group) is 1. The third kappa shape index (κ3) is 4.25. The molecule has 2 N–H and O–H groups in total. The van der Waals surface area contributed by atoms with Gasteiger partial charge in [-0.25, -0.2) is 0 Å². The van der Waals surface area contributed by atoms with E-state index < -0.39 is 0 Å². The SMILES string of the molecule is CN1CCNCC1CC(=O)NCC1CCCCC1. The van der Waals surface area contributed by atoms with Gasteiger partial charge in [-0.15, -0.1) is 0 Å². The van der Waals surface area contributed by atoms with Crippen LogP contribution in [0, 0.1) is 5.92 Å². The van der Waals surface area contributed by atoms with Crippen molar-refractivity contribution in [2.75, 3.05) is 33.2 Å². The Kier molecular flexibility index (Phi) is 5.45. The minimum Gasteiger partial charge on any atom is -0.356 e. The maximum Gasteiger partial charge on any atom is 0.221 e. The Morgan fingerprint density at radius 1 is 1.33 bits per heavy atom. The average Bonchev–Trinajstić information content (AvgIpc) is 2.40. The van der Waals surface area contributed by atoms with E-state index in [9.17, 15) is 4.79 Å². The molecule has 1 aliphatic heterocycles. The number of hydrogen-bond acceptors (Lipinski definition) is 3. The summed E-state index contributed by atoms with van der Waals surface area (Å²) in [4.78, 5) is 14.2. The second kappa shape index (κ2) is 7.10. The average molecular weight is 253 g/mol. The first kappa shape index (κ1) is 13.8. The minimum atomic E-state index is 0.223. The van der Waals surface area contributed by atoms with Gasteiger partial charge >= 0.3 is 0 Å². The minimum absolute atomic E-state index is 0.223. The summed E-state index contributed by atoms with van der Waals surface area (Å²) in [6.07, 6.45) is 7.29. The molecule has 0 aromatic rings. The van der Waals surface area contributed by atoms with Crippen molar-refractivity contribution in [3.05, 3.63) is 0 Å². The van der Waals surface area contributed by atoms with Crippen LogP contribution in [0.25, 0.3) is 0 Å². The van der Waals surface area contributed by atoms with Gasteiger partial charge in [0.05, 0.1) is 0 Å². The Balaban J connectivity index is 1.64. The van der Waals surface area contributed by atoms with Crippen LogP contribution in [0.5, 0.6) is 0 Å². The van der Waals surface area contributed by atoms with Gasteiger partial charge in [-0.2, -0.15) is 0 Å². The number of nitrogens with zero attached hydrogens (tertiary/aromatic N) is 1. The van der Waals surface area contributed by atoms with Crippen LogP contribution in [0.3, 0.4) is 0 Å². The Bertz CT molecular complexity index is 264. The molecule has 1 aliphatic carbocycles. The van der Waals surface area contributed by atoms with E-state index in [0.29, 0.717) is 12.5 Å². The lowest BCUT2D eigenvalue weighted by molar-refractivity contribution is -0.122. The van der Waals surface area contributed by atoms with Crippen molar-refractivity contribution in [1.82, 2.24) is 15.5 Å². The molecule has 0 aromatic heterocycles. The molecule has 4 nitrogen and oxygen atoms in total. The standard InChI is InChI=1S/C14H27N3O/c1-17-8-7-15-11-13(17)9-14(18)16-10-12-5-3-2-4-6-12/h12-13,15H,2-11H2,1H3,(H,16,18). The maximum atomic E-state index is 11.9. The van der Waals surface area contributed by atoms with Crippen molar-refractivity contribution in [2.24, 2.45) is 5.92 Å². The first-order valence-corrected chi connectivity index (χ1v) is 7.43. The first-order chi connectivity index (χ1) is 8.75. The number of carbonyl (C=O) groups excluding carboxylic acids is 1. The lowest BCUT2D eigenvalue weighted by atomic mass is 9.89. The highest BCUT2D eigenvalue weighted by molar-refractivity contribution is 5.76. The molecule has 0 aromatic carbocycles. The number of hydrogen-bond donors (Lipinski definition) is 2. The van der Waals surface area contributed by atoms with E-state index in [0.717, 1.165) is 32.1 Å². The quantitative estimate of drug-likeness (QED) is 0.785. The van der Waals surface area contributed by atoms with Gasteiger partial charge in [0.2, 0.25) is 5.91 Å². The Hall–Kier alpha value is -0.610. The molecule has 4 heteroatoms. The summed E-state index contributed by atoms with van der Waals surface area (Å²) in [5, 5.41) is 6.48. The molecule has 104 valence electrons. The van der Waals surface area contributed by atoms with E-state index in [1.165, 1.54) is 32.1 Å². The van der Waals surface area contributed by atoms with Crippen molar-refractivity contribution >= 4 is 5.91 Å². The van der Waals surface area contributed by atoms with Gasteiger partial charge in [-0.05, 0) is 25.8 Å². The lowest BCUT2D eigenvalue weighted by Gasteiger charge is -2.32. The van der Waals surface area contributed by atoms with E-state index in [1.807, 2.05) is 0 Å². The van der Waals surface area contributed by atoms with Crippen molar-refractivity contribution in [3.63, 3.8) is 0 Å². The first-order valence-electron chi connectivity index (χ1n) is 7.43. The molecule has 2 fully saturated rings. The highest BCUT2D eigenvalue weighted by atomic mass is 16.1. The van der Waals surface area contributed by atoms with Gasteiger partial charge in [0, 0.05) is 38.6 Å². The molecule has 0 radical (unpaired) electrons. The van der Waals surface area contributed by atoms with Crippen LogP contribution in [-0.4, -0.2) is 50.1 Å². The number of piperazine rings is 1. The Morgan fingerprint density at radius 2 is 2.11 bits per heavy atom. The monoisotopic (exact) mass is 253 g/mol. The van der Waals surface area contributed by atoms with Crippen LogP contribution in [0.15, 0.2) is 0 Å². The van der Waals surface area contributed by atoms with Crippen molar-refractivity contribution in [2.45, 2.75) is 44.6 Å². The summed E-state index contributed by atoms with van der Waals surface area (Å²) >= 11 is 0. The number of carbonyl (C=O) groups is 1. The Labute approximate surface area is 110 Å². The van der Waals surface area contributed by atoms with Crippen LogP contribution in [0.2, 0.25) is 0 Å². The topological polar surface area (TPSA) is 44.4 Å². The fourth-order valence-corrected chi connectivity index (χ4v) is 3.03. The zero-order valence-electron chi connectivity index (χ0n) is 11.6. The molecule has 1 atom stereocenters. The molecule has 1 saturated carbocycles. The third-order valence-electron chi connectivity index (χ3n) is 4.38. The Morgan fingerprint density at radius 3 is 2.83 bits per heavy atom. The zero-order chi connectivity index (χ0) is 12.8. The smallest absolute Gasteiger partial charge is 0.221 e. The lowest BCUT2D eigenvalue weighted by Crippen LogP contribution is -2.51. The molecule has 18 heavy (non-hydrogen) atoms. The van der Waals surface area contributed by atoms with Crippen molar-refractivity contribution in [1.29, 1.82) is 0 Å². The van der Waals surface area contributed by atoms with Gasteiger partial charge in [0.25, 0.3) is 0 Å². The van der Waals surface area contributed by atoms with Gasteiger partial charge < -0.3 is 15.5 Å². The predicted molar refractivity (Wildman–Crippen MR) is 73.5 cm³/mol. The number of rotatable bonds is 4. The van der Waals surface area contributed by atoms with Gasteiger partial charge in [-0.1, -0.05) is 19.3 Å². The summed E-state index contributed by atoms with van der Waals surface area (Å²) < 4.78 is 0. The predicted octanol–water partition coefficient (Wildman–Crippen LogP) is 0.977. The fourth-order valence-electron chi connectivity index (χ4n) is 3.03. The highest BCUT2D eigenvalue weighted by Crippen LogP contribution is 2.22. The van der Waals surface area contributed by atoms with E-state index in [2.05, 4.69) is 22.6 Å². The maximum absolute atomic E-state index is 11.9. The van der Waals surface area contributed by atoms with Crippen LogP contribution < -0.4 is 10.6 Å². The normalized spacial score (nSPS) is 27.1. The van der Waals surface area contributed by atoms with E-state index >= 15 is 0 Å². The molecule has 2 aliphatic rings. The largest absolute Gasteiger partial charge is 0.356 e. The summed E-state index contributed by atoms with van der Waals surface area (Å²) in [6, 6.07) is 0.366.